The number of aryl methyl sites for hydroxylation is 1. The molecule has 1 saturated heterocycles. The van der Waals surface area contributed by atoms with Crippen LogP contribution in [0.25, 0.3) is 22.0 Å². The fourth-order valence-electron chi connectivity index (χ4n) is 4.99. The molecule has 0 radical (unpaired) electrons. The van der Waals surface area contributed by atoms with Gasteiger partial charge in [0, 0.05) is 36.8 Å². The maximum Gasteiger partial charge on any atom is 0.326 e. The molecule has 1 saturated carbocycles. The van der Waals surface area contributed by atoms with Crippen LogP contribution in [0.1, 0.15) is 30.2 Å². The second kappa shape index (κ2) is 7.22. The van der Waals surface area contributed by atoms with Crippen molar-refractivity contribution in [1.29, 1.82) is 0 Å². The lowest BCUT2D eigenvalue weighted by molar-refractivity contribution is -0.150. The van der Waals surface area contributed by atoms with Gasteiger partial charge in [-0.1, -0.05) is 13.0 Å². The highest BCUT2D eigenvalue weighted by Gasteiger charge is 2.62. The molecule has 1 aliphatic heterocycles. The summed E-state index contributed by atoms with van der Waals surface area (Å²) in [5.41, 5.74) is 2.57. The fourth-order valence-corrected chi connectivity index (χ4v) is 4.99. The second-order valence-corrected chi connectivity index (χ2v) is 8.74. The normalized spacial score (nSPS) is 23.9. The molecule has 3 heterocycles. The van der Waals surface area contributed by atoms with Gasteiger partial charge in [0.05, 0.1) is 5.52 Å². The smallest absolute Gasteiger partial charge is 0.326 e. The van der Waals surface area contributed by atoms with Crippen LogP contribution in [0, 0.1) is 24.7 Å². The van der Waals surface area contributed by atoms with E-state index < -0.39 is 12.0 Å². The van der Waals surface area contributed by atoms with Crippen LogP contribution in [0.2, 0.25) is 0 Å². The number of carboxylic acid groups (broad SMARTS) is 1. The highest BCUT2D eigenvalue weighted by molar-refractivity contribution is 6.06. The summed E-state index contributed by atoms with van der Waals surface area (Å²) in [5.74, 6) is -0.196. The van der Waals surface area contributed by atoms with E-state index in [2.05, 4.69) is 15.1 Å². The molecule has 1 N–H and O–H groups in total. The Bertz CT molecular complexity index is 1270. The van der Waals surface area contributed by atoms with Gasteiger partial charge in [0.2, 0.25) is 5.91 Å². The first-order valence-electron chi connectivity index (χ1n) is 10.6. The van der Waals surface area contributed by atoms with Gasteiger partial charge in [0.25, 0.3) is 0 Å². The molecule has 3 aromatic rings. The van der Waals surface area contributed by atoms with E-state index in [1.807, 2.05) is 25.1 Å². The third-order valence-electron chi connectivity index (χ3n) is 6.80. The van der Waals surface area contributed by atoms with Crippen LogP contribution in [0.3, 0.4) is 0 Å². The summed E-state index contributed by atoms with van der Waals surface area (Å²) < 4.78 is 1.50. The predicted octanol–water partition coefficient (Wildman–Crippen LogP) is 2.18. The second-order valence-electron chi connectivity index (χ2n) is 8.74. The third kappa shape index (κ3) is 3.16. The molecule has 2 aliphatic rings. The van der Waals surface area contributed by atoms with Gasteiger partial charge in [0.15, 0.2) is 5.78 Å². The monoisotopic (exact) mass is 433 g/mol. The van der Waals surface area contributed by atoms with Crippen LogP contribution < -0.4 is 0 Å². The van der Waals surface area contributed by atoms with Crippen molar-refractivity contribution in [3.05, 3.63) is 42.1 Å². The highest BCUT2D eigenvalue weighted by atomic mass is 16.4. The Hall–Kier alpha value is -3.62. The maximum absolute atomic E-state index is 13.0. The number of aliphatic carboxylic acids is 1. The number of amides is 1. The van der Waals surface area contributed by atoms with Gasteiger partial charge >= 0.3 is 5.97 Å². The number of hydrogen-bond donors (Lipinski definition) is 1. The van der Waals surface area contributed by atoms with E-state index >= 15 is 0 Å². The number of aromatic nitrogens is 4. The molecule has 0 spiro atoms. The number of carbonyl (C=O) groups excluding carboxylic acids is 2. The van der Waals surface area contributed by atoms with E-state index in [9.17, 15) is 19.5 Å². The first kappa shape index (κ1) is 20.3. The molecule has 1 aliphatic carbocycles. The van der Waals surface area contributed by atoms with Crippen molar-refractivity contribution >= 4 is 28.6 Å². The van der Waals surface area contributed by atoms with E-state index in [1.165, 1.54) is 16.5 Å². The number of carbonyl (C=O) groups is 3. The van der Waals surface area contributed by atoms with Crippen molar-refractivity contribution in [1.82, 2.24) is 24.6 Å². The molecule has 0 bridgehead atoms. The Labute approximate surface area is 184 Å². The lowest BCUT2D eigenvalue weighted by Gasteiger charge is -2.25. The van der Waals surface area contributed by atoms with E-state index in [0.717, 1.165) is 11.1 Å². The molecule has 1 aromatic carbocycles. The quantitative estimate of drug-likeness (QED) is 0.613. The van der Waals surface area contributed by atoms with Crippen molar-refractivity contribution in [3.8, 4) is 11.1 Å². The average molecular weight is 433 g/mol. The van der Waals surface area contributed by atoms with Gasteiger partial charge in [-0.05, 0) is 42.4 Å². The van der Waals surface area contributed by atoms with Crippen LogP contribution in [0.15, 0.2) is 30.6 Å². The van der Waals surface area contributed by atoms with Crippen LogP contribution in [-0.2, 0) is 16.1 Å². The molecule has 4 atom stereocenters. The number of likely N-dealkylation sites (tertiary alicyclic amines) is 1. The average Bonchev–Trinajstić information content (AvgIpc) is 3.11. The Morgan fingerprint density at radius 2 is 1.88 bits per heavy atom. The minimum Gasteiger partial charge on any atom is -0.480 e. The number of ketones is 1. The van der Waals surface area contributed by atoms with Gasteiger partial charge in [-0.15, -0.1) is 0 Å². The fraction of sp³-hybridized carbons (Fsp3) is 0.391. The number of nitrogens with zero attached hydrogens (tertiary/aromatic N) is 5. The first-order chi connectivity index (χ1) is 15.3. The molecule has 9 nitrogen and oxygen atoms in total. The van der Waals surface area contributed by atoms with Gasteiger partial charge in [-0.25, -0.2) is 14.8 Å². The summed E-state index contributed by atoms with van der Waals surface area (Å²) in [6.07, 6.45) is 3.44. The molecule has 32 heavy (non-hydrogen) atoms. The molecule has 2 aromatic heterocycles. The number of piperidine rings is 1. The Balaban J connectivity index is 1.48. The van der Waals surface area contributed by atoms with Gasteiger partial charge in [-0.2, -0.15) is 5.10 Å². The summed E-state index contributed by atoms with van der Waals surface area (Å²) in [7, 11) is 0. The summed E-state index contributed by atoms with van der Waals surface area (Å²) in [5, 5.41) is 14.7. The lowest BCUT2D eigenvalue weighted by Crippen LogP contribution is -2.45. The van der Waals surface area contributed by atoms with E-state index in [4.69, 9.17) is 0 Å². The Morgan fingerprint density at radius 1 is 1.16 bits per heavy atom. The topological polar surface area (TPSA) is 118 Å². The van der Waals surface area contributed by atoms with Crippen LogP contribution >= 0.6 is 0 Å². The molecular formula is C23H23N5O4. The van der Waals surface area contributed by atoms with Gasteiger partial charge < -0.3 is 10.0 Å². The van der Waals surface area contributed by atoms with Crippen molar-refractivity contribution in [2.24, 2.45) is 17.8 Å². The zero-order valence-corrected chi connectivity index (χ0v) is 18.0. The summed E-state index contributed by atoms with van der Waals surface area (Å²) in [6.45, 7) is 5.61. The molecule has 0 unspecified atom stereocenters. The largest absolute Gasteiger partial charge is 0.480 e. The van der Waals surface area contributed by atoms with Crippen LogP contribution in [0.4, 0.5) is 0 Å². The molecule has 164 valence electrons. The number of Topliss-reactive ketones (excluding diaryl/α,β-unsaturated/α-hetero) is 1. The lowest BCUT2D eigenvalue weighted by atomic mass is 10.0. The van der Waals surface area contributed by atoms with Crippen molar-refractivity contribution in [2.45, 2.75) is 33.4 Å². The van der Waals surface area contributed by atoms with E-state index in [-0.39, 0.29) is 35.8 Å². The summed E-state index contributed by atoms with van der Waals surface area (Å²) in [4.78, 5) is 47.0. The molecule has 5 rings (SSSR count). The summed E-state index contributed by atoms with van der Waals surface area (Å²) in [6, 6.07) is 4.75. The molecule has 1 amide bonds. The van der Waals surface area contributed by atoms with Crippen LogP contribution in [-0.4, -0.2) is 60.0 Å². The Morgan fingerprint density at radius 3 is 2.53 bits per heavy atom. The summed E-state index contributed by atoms with van der Waals surface area (Å²) >= 11 is 0. The minimum absolute atomic E-state index is 0.0258. The third-order valence-corrected chi connectivity index (χ3v) is 6.80. The minimum atomic E-state index is -0.963. The van der Waals surface area contributed by atoms with Crippen LogP contribution in [0.5, 0.6) is 0 Å². The van der Waals surface area contributed by atoms with Crippen molar-refractivity contribution in [2.75, 3.05) is 6.54 Å². The zero-order chi connectivity index (χ0) is 22.7. The van der Waals surface area contributed by atoms with Crippen molar-refractivity contribution in [3.63, 3.8) is 0 Å². The number of hydrogen-bond acceptors (Lipinski definition) is 6. The number of carboxylic acids is 1. The van der Waals surface area contributed by atoms with Gasteiger partial charge in [-0.3, -0.25) is 14.3 Å². The van der Waals surface area contributed by atoms with E-state index in [1.54, 1.807) is 19.3 Å². The molecule has 2 fully saturated rings. The highest BCUT2D eigenvalue weighted by Crippen LogP contribution is 2.55. The van der Waals surface area contributed by atoms with Crippen molar-refractivity contribution < 1.29 is 19.5 Å². The SMILES string of the molecule is CC(=O)c1nn(CC(=O)N2C[C@H]3[C@@H](C)[C@H]3[C@H]2C(=O)O)c2ccc(-c3cnc(C)nc3)cc12. The first-order valence-corrected chi connectivity index (χ1v) is 10.6. The van der Waals surface area contributed by atoms with Gasteiger partial charge in [0.1, 0.15) is 24.1 Å². The predicted molar refractivity (Wildman–Crippen MR) is 115 cm³/mol. The zero-order valence-electron chi connectivity index (χ0n) is 18.0. The standard InChI is InChI=1S/C23H23N5O4/c1-11-17-9-27(22(20(11)17)23(31)32)19(30)10-28-18-5-4-14(15-7-24-13(3)25-8-15)6-16(18)21(26-28)12(2)29/h4-8,11,17,20,22H,9-10H2,1-3H3,(H,31,32)/t11-,17+,20-,22+/m1/s1. The number of benzene rings is 1. The van der Waals surface area contributed by atoms with E-state index in [0.29, 0.717) is 29.2 Å². The number of rotatable bonds is 5. The molecular weight excluding hydrogens is 410 g/mol. The molecule has 9 heteroatoms. The Kier molecular flexibility index (Phi) is 4.58. The maximum atomic E-state index is 13.0. The number of fused-ring (bicyclic) bond motifs is 2.